The molecule has 1 saturated heterocycles. The highest BCUT2D eigenvalue weighted by atomic mass is 35.5. The number of anilines is 1. The average molecular weight is 417 g/mol. The zero-order chi connectivity index (χ0) is 20.1. The van der Waals surface area contributed by atoms with Gasteiger partial charge in [-0.05, 0) is 61.7 Å². The molecule has 0 atom stereocenters. The fraction of sp³-hybridized carbons (Fsp3) is 0.286. The molecule has 1 fully saturated rings. The summed E-state index contributed by atoms with van der Waals surface area (Å²) < 4.78 is 27.3. The molecule has 0 spiro atoms. The van der Waals surface area contributed by atoms with Crippen LogP contribution in [-0.2, 0) is 14.8 Å². The molecule has 0 aromatic heterocycles. The molecule has 1 N–H and O–H groups in total. The number of benzene rings is 2. The average Bonchev–Trinajstić information content (AvgIpc) is 2.68. The zero-order valence-corrected chi connectivity index (χ0v) is 17.1. The van der Waals surface area contributed by atoms with Crippen LogP contribution in [0.4, 0.5) is 5.69 Å². The Morgan fingerprint density at radius 3 is 2.61 bits per heavy atom. The van der Waals surface area contributed by atoms with Gasteiger partial charge in [0.05, 0.1) is 11.4 Å². The number of rotatable bonds is 4. The summed E-state index contributed by atoms with van der Waals surface area (Å²) in [7, 11) is -3.68. The lowest BCUT2D eigenvalue weighted by Crippen LogP contribution is -2.35. The van der Waals surface area contributed by atoms with Gasteiger partial charge < -0.3 is 4.90 Å². The van der Waals surface area contributed by atoms with E-state index in [0.29, 0.717) is 17.0 Å². The first kappa shape index (κ1) is 20.4. The summed E-state index contributed by atoms with van der Waals surface area (Å²) in [4.78, 5) is 13.9. The fourth-order valence-electron chi connectivity index (χ4n) is 3.04. The molecule has 5 nitrogen and oxygen atoms in total. The highest BCUT2D eigenvalue weighted by Crippen LogP contribution is 2.23. The Labute approximate surface area is 170 Å². The van der Waals surface area contributed by atoms with Gasteiger partial charge in [0.15, 0.2) is 0 Å². The van der Waals surface area contributed by atoms with Crippen molar-refractivity contribution in [2.24, 2.45) is 0 Å². The molecule has 1 aliphatic heterocycles. The topological polar surface area (TPSA) is 66.5 Å². The number of sulfonamides is 1. The lowest BCUT2D eigenvalue weighted by molar-refractivity contribution is -0.119. The van der Waals surface area contributed by atoms with Gasteiger partial charge >= 0.3 is 0 Å². The van der Waals surface area contributed by atoms with E-state index in [0.717, 1.165) is 30.6 Å². The van der Waals surface area contributed by atoms with E-state index < -0.39 is 10.0 Å². The van der Waals surface area contributed by atoms with E-state index in [1.807, 2.05) is 24.3 Å². The molecule has 0 saturated carbocycles. The molecule has 2 aromatic rings. The van der Waals surface area contributed by atoms with Crippen molar-refractivity contribution in [1.29, 1.82) is 0 Å². The summed E-state index contributed by atoms with van der Waals surface area (Å²) in [6.07, 6.45) is 2.55. The zero-order valence-electron chi connectivity index (χ0n) is 15.5. The minimum Gasteiger partial charge on any atom is -0.312 e. The molecule has 7 heteroatoms. The standard InChI is InChI=1S/C21H21ClN2O3S/c1-16-19(22)7-4-8-20(16)28(26,27)23-14-5-6-17-10-12-18(13-11-17)24-15-3-2-9-21(24)25/h4,7-8,10-13,23H,2-3,9,14-15H2,1H3. The van der Waals surface area contributed by atoms with Crippen molar-refractivity contribution in [1.82, 2.24) is 4.72 Å². The van der Waals surface area contributed by atoms with Crippen molar-refractivity contribution in [2.45, 2.75) is 31.1 Å². The van der Waals surface area contributed by atoms with Gasteiger partial charge in [-0.1, -0.05) is 29.5 Å². The number of carbonyl (C=O) groups is 1. The molecule has 28 heavy (non-hydrogen) atoms. The maximum absolute atomic E-state index is 12.4. The van der Waals surface area contributed by atoms with Gasteiger partial charge in [0, 0.05) is 29.2 Å². The van der Waals surface area contributed by atoms with Crippen molar-refractivity contribution >= 4 is 33.2 Å². The third kappa shape index (κ3) is 4.74. The summed E-state index contributed by atoms with van der Waals surface area (Å²) in [5.41, 5.74) is 2.13. The van der Waals surface area contributed by atoms with Gasteiger partial charge in [0.1, 0.15) is 0 Å². The Hall–Kier alpha value is -2.33. The molecular formula is C21H21ClN2O3S. The van der Waals surface area contributed by atoms with Gasteiger partial charge in [-0.15, -0.1) is 0 Å². The third-order valence-electron chi connectivity index (χ3n) is 4.59. The highest BCUT2D eigenvalue weighted by Gasteiger charge is 2.19. The van der Waals surface area contributed by atoms with E-state index in [9.17, 15) is 13.2 Å². The fourth-order valence-corrected chi connectivity index (χ4v) is 4.46. The van der Waals surface area contributed by atoms with Crippen molar-refractivity contribution in [2.75, 3.05) is 18.0 Å². The first-order chi connectivity index (χ1) is 13.4. The quantitative estimate of drug-likeness (QED) is 0.776. The Morgan fingerprint density at radius 1 is 1.14 bits per heavy atom. The SMILES string of the molecule is Cc1c(Cl)cccc1S(=O)(=O)NCC#Cc1ccc(N2CCCCC2=O)cc1. The molecule has 3 rings (SSSR count). The van der Waals surface area contributed by atoms with Crippen LogP contribution in [0.5, 0.6) is 0 Å². The minimum absolute atomic E-state index is 0.0132. The molecule has 1 amide bonds. The molecule has 1 heterocycles. The summed E-state index contributed by atoms with van der Waals surface area (Å²) in [5, 5.41) is 0.404. The molecule has 0 bridgehead atoms. The van der Waals surface area contributed by atoms with E-state index in [1.54, 1.807) is 24.0 Å². The van der Waals surface area contributed by atoms with Crippen LogP contribution in [0, 0.1) is 18.8 Å². The Balaban J connectivity index is 1.63. The van der Waals surface area contributed by atoms with Crippen molar-refractivity contribution in [3.63, 3.8) is 0 Å². The first-order valence-corrected chi connectivity index (χ1v) is 10.9. The van der Waals surface area contributed by atoms with Crippen molar-refractivity contribution in [3.8, 4) is 11.8 Å². The number of nitrogens with zero attached hydrogens (tertiary/aromatic N) is 1. The van der Waals surface area contributed by atoms with Gasteiger partial charge in [-0.25, -0.2) is 8.42 Å². The van der Waals surface area contributed by atoms with Crippen LogP contribution in [0.3, 0.4) is 0 Å². The second-order valence-corrected chi connectivity index (χ2v) is 8.68. The van der Waals surface area contributed by atoms with Gasteiger partial charge in [0.25, 0.3) is 0 Å². The molecular weight excluding hydrogens is 396 g/mol. The normalized spacial score (nSPS) is 14.5. The molecule has 0 unspecified atom stereocenters. The summed E-state index contributed by atoms with van der Waals surface area (Å²) in [5.74, 6) is 5.89. The van der Waals surface area contributed by atoms with E-state index >= 15 is 0 Å². The molecule has 1 aliphatic rings. The van der Waals surface area contributed by atoms with Crippen LogP contribution in [-0.4, -0.2) is 27.4 Å². The number of halogens is 1. The Kier molecular flexibility index (Phi) is 6.40. The van der Waals surface area contributed by atoms with Crippen LogP contribution in [0.15, 0.2) is 47.4 Å². The second kappa shape index (κ2) is 8.78. The van der Waals surface area contributed by atoms with Crippen LogP contribution in [0.25, 0.3) is 0 Å². The maximum atomic E-state index is 12.4. The number of hydrogen-bond donors (Lipinski definition) is 1. The predicted octanol–water partition coefficient (Wildman–Crippen LogP) is 3.50. The number of hydrogen-bond acceptors (Lipinski definition) is 3. The minimum atomic E-state index is -3.68. The molecule has 0 radical (unpaired) electrons. The first-order valence-electron chi connectivity index (χ1n) is 9.02. The molecule has 146 valence electrons. The van der Waals surface area contributed by atoms with Crippen LogP contribution < -0.4 is 9.62 Å². The van der Waals surface area contributed by atoms with E-state index in [2.05, 4.69) is 16.6 Å². The lowest BCUT2D eigenvalue weighted by Gasteiger charge is -2.26. The second-order valence-electron chi connectivity index (χ2n) is 6.54. The van der Waals surface area contributed by atoms with Gasteiger partial charge in [-0.3, -0.25) is 4.79 Å². The van der Waals surface area contributed by atoms with Crippen molar-refractivity contribution < 1.29 is 13.2 Å². The van der Waals surface area contributed by atoms with Gasteiger partial charge in [-0.2, -0.15) is 4.72 Å². The largest absolute Gasteiger partial charge is 0.312 e. The monoisotopic (exact) mass is 416 g/mol. The smallest absolute Gasteiger partial charge is 0.241 e. The Morgan fingerprint density at radius 2 is 1.89 bits per heavy atom. The molecule has 2 aromatic carbocycles. The summed E-state index contributed by atoms with van der Waals surface area (Å²) in [6.45, 7) is 2.40. The van der Waals surface area contributed by atoms with Crippen LogP contribution >= 0.6 is 11.6 Å². The van der Waals surface area contributed by atoms with Gasteiger partial charge in [0.2, 0.25) is 15.9 Å². The van der Waals surface area contributed by atoms with Crippen LogP contribution in [0.2, 0.25) is 5.02 Å². The Bertz CT molecular complexity index is 1040. The summed E-state index contributed by atoms with van der Waals surface area (Å²) >= 11 is 5.99. The third-order valence-corrected chi connectivity index (χ3v) is 6.55. The van der Waals surface area contributed by atoms with E-state index in [-0.39, 0.29) is 17.3 Å². The summed E-state index contributed by atoms with van der Waals surface area (Å²) in [6, 6.07) is 12.2. The number of carbonyl (C=O) groups excluding carboxylic acids is 1. The highest BCUT2D eigenvalue weighted by molar-refractivity contribution is 7.89. The molecule has 0 aliphatic carbocycles. The van der Waals surface area contributed by atoms with Crippen LogP contribution in [0.1, 0.15) is 30.4 Å². The predicted molar refractivity (Wildman–Crippen MR) is 111 cm³/mol. The number of nitrogens with one attached hydrogen (secondary N) is 1. The number of piperidine rings is 1. The van der Waals surface area contributed by atoms with E-state index in [4.69, 9.17) is 11.6 Å². The van der Waals surface area contributed by atoms with E-state index in [1.165, 1.54) is 6.07 Å². The van der Waals surface area contributed by atoms with Crippen molar-refractivity contribution in [3.05, 3.63) is 58.6 Å². The maximum Gasteiger partial charge on any atom is 0.241 e. The lowest BCUT2D eigenvalue weighted by atomic mass is 10.1. The number of amides is 1.